The zero-order chi connectivity index (χ0) is 23.0. The van der Waals surface area contributed by atoms with E-state index in [9.17, 15) is 17.6 Å². The second-order valence-corrected chi connectivity index (χ2v) is 8.99. The van der Waals surface area contributed by atoms with Crippen LogP contribution >= 0.6 is 0 Å². The van der Waals surface area contributed by atoms with Crippen LogP contribution in [0.2, 0.25) is 0 Å². The van der Waals surface area contributed by atoms with E-state index in [4.69, 9.17) is 14.7 Å². The highest BCUT2D eigenvalue weighted by Crippen LogP contribution is 2.23. The van der Waals surface area contributed by atoms with E-state index in [0.717, 1.165) is 13.1 Å². The highest BCUT2D eigenvalue weighted by atomic mass is 32.2. The molecule has 2 aromatic carbocycles. The predicted octanol–water partition coefficient (Wildman–Crippen LogP) is 1.88. The smallest absolute Gasteiger partial charge is 0.261 e. The molecule has 1 heterocycles. The highest BCUT2D eigenvalue weighted by Gasteiger charge is 2.26. The van der Waals surface area contributed by atoms with Crippen LogP contribution < -0.4 is 14.9 Å². The van der Waals surface area contributed by atoms with Crippen molar-refractivity contribution in [1.82, 2.24) is 15.1 Å². The SMILES string of the molecule is O=C(NO)[C@@H](CCCN1CCOCC1)NS(=O)(=O)c1ccc(Oc2ccc(F)cc2)cc1. The number of carbonyl (C=O) groups is 1. The summed E-state index contributed by atoms with van der Waals surface area (Å²) in [4.78, 5) is 14.1. The van der Waals surface area contributed by atoms with Crippen molar-refractivity contribution in [3.63, 3.8) is 0 Å². The maximum atomic E-state index is 13.0. The first-order chi connectivity index (χ1) is 15.4. The van der Waals surface area contributed by atoms with Crippen LogP contribution in [0.4, 0.5) is 4.39 Å². The first-order valence-corrected chi connectivity index (χ1v) is 11.7. The van der Waals surface area contributed by atoms with E-state index in [1.54, 1.807) is 0 Å². The molecule has 2 aromatic rings. The van der Waals surface area contributed by atoms with Crippen molar-refractivity contribution in [2.75, 3.05) is 32.8 Å². The van der Waals surface area contributed by atoms with Crippen molar-refractivity contribution in [2.24, 2.45) is 0 Å². The number of morpholine rings is 1. The molecule has 9 nitrogen and oxygen atoms in total. The number of hydrogen-bond donors (Lipinski definition) is 3. The maximum Gasteiger partial charge on any atom is 0.261 e. The molecule has 11 heteroatoms. The molecule has 0 aliphatic carbocycles. The molecule has 32 heavy (non-hydrogen) atoms. The lowest BCUT2D eigenvalue weighted by Gasteiger charge is -2.27. The van der Waals surface area contributed by atoms with Gasteiger partial charge in [-0.3, -0.25) is 14.9 Å². The third-order valence-electron chi connectivity index (χ3n) is 4.98. The number of benzene rings is 2. The molecule has 0 bridgehead atoms. The molecule has 1 saturated heterocycles. The third-order valence-corrected chi connectivity index (χ3v) is 6.47. The molecule has 3 rings (SSSR count). The highest BCUT2D eigenvalue weighted by molar-refractivity contribution is 7.89. The van der Waals surface area contributed by atoms with Crippen LogP contribution in [0.25, 0.3) is 0 Å². The molecular weight excluding hydrogens is 441 g/mol. The lowest BCUT2D eigenvalue weighted by molar-refractivity contribution is -0.131. The van der Waals surface area contributed by atoms with Crippen LogP contribution in [0.15, 0.2) is 53.4 Å². The Labute approximate surface area is 186 Å². The molecule has 0 unspecified atom stereocenters. The molecule has 174 valence electrons. The molecule has 1 atom stereocenters. The molecule has 0 radical (unpaired) electrons. The average Bonchev–Trinajstić information content (AvgIpc) is 2.80. The Morgan fingerprint density at radius 2 is 1.69 bits per heavy atom. The van der Waals surface area contributed by atoms with Crippen LogP contribution in [-0.2, 0) is 19.6 Å². The third kappa shape index (κ3) is 6.97. The number of sulfonamides is 1. The van der Waals surface area contributed by atoms with Crippen molar-refractivity contribution in [2.45, 2.75) is 23.8 Å². The summed E-state index contributed by atoms with van der Waals surface area (Å²) in [6.07, 6.45) is 0.778. The number of amides is 1. The van der Waals surface area contributed by atoms with Gasteiger partial charge >= 0.3 is 0 Å². The van der Waals surface area contributed by atoms with E-state index in [1.807, 2.05) is 0 Å². The quantitative estimate of drug-likeness (QED) is 0.361. The topological polar surface area (TPSA) is 117 Å². The van der Waals surface area contributed by atoms with Gasteiger partial charge in [-0.25, -0.2) is 18.3 Å². The van der Waals surface area contributed by atoms with Gasteiger partial charge in [0.15, 0.2) is 0 Å². The second-order valence-electron chi connectivity index (χ2n) is 7.27. The van der Waals surface area contributed by atoms with Gasteiger partial charge in [-0.05, 0) is 67.9 Å². The van der Waals surface area contributed by atoms with E-state index >= 15 is 0 Å². The fourth-order valence-electron chi connectivity index (χ4n) is 3.25. The first-order valence-electron chi connectivity index (χ1n) is 10.2. The number of halogens is 1. The zero-order valence-electron chi connectivity index (χ0n) is 17.4. The molecule has 0 saturated carbocycles. The Balaban J connectivity index is 1.60. The van der Waals surface area contributed by atoms with Gasteiger partial charge in [-0.1, -0.05) is 0 Å². The Hall–Kier alpha value is -2.57. The number of ether oxygens (including phenoxy) is 2. The van der Waals surface area contributed by atoms with Crippen molar-refractivity contribution >= 4 is 15.9 Å². The van der Waals surface area contributed by atoms with Crippen molar-refractivity contribution in [3.8, 4) is 11.5 Å². The summed E-state index contributed by atoms with van der Waals surface area (Å²) in [5.41, 5.74) is 1.52. The summed E-state index contributed by atoms with van der Waals surface area (Å²) in [5.74, 6) is -0.450. The standard InChI is InChI=1S/C21H26FN3O6S/c22-16-3-5-17(6-4-16)31-18-7-9-19(10-8-18)32(28,29)24-20(21(26)23-27)2-1-11-25-12-14-30-15-13-25/h3-10,20,24,27H,1-2,11-15H2,(H,23,26)/t20-/m1/s1. The average molecular weight is 468 g/mol. The Morgan fingerprint density at radius 3 is 2.28 bits per heavy atom. The van der Waals surface area contributed by atoms with Crippen LogP contribution in [-0.4, -0.2) is 63.3 Å². The normalized spacial score (nSPS) is 15.8. The molecule has 0 spiro atoms. The molecule has 1 amide bonds. The number of nitrogens with zero attached hydrogens (tertiary/aromatic N) is 1. The minimum absolute atomic E-state index is 0.0622. The van der Waals surface area contributed by atoms with Gasteiger partial charge in [0.1, 0.15) is 23.4 Å². The second kappa shape index (κ2) is 11.3. The van der Waals surface area contributed by atoms with Crippen molar-refractivity contribution in [3.05, 3.63) is 54.3 Å². The van der Waals surface area contributed by atoms with Gasteiger partial charge in [0, 0.05) is 13.1 Å². The number of hydroxylamine groups is 1. The minimum Gasteiger partial charge on any atom is -0.457 e. The Bertz CT molecular complexity index is 980. The van der Waals surface area contributed by atoms with Gasteiger partial charge in [-0.2, -0.15) is 4.72 Å². The Kier molecular flexibility index (Phi) is 8.53. The van der Waals surface area contributed by atoms with E-state index < -0.39 is 27.8 Å². The van der Waals surface area contributed by atoms with Crippen molar-refractivity contribution < 1.29 is 32.3 Å². The fraction of sp³-hybridized carbons (Fsp3) is 0.381. The fourth-order valence-corrected chi connectivity index (χ4v) is 4.48. The summed E-state index contributed by atoms with van der Waals surface area (Å²) in [7, 11) is -4.03. The number of nitrogens with one attached hydrogen (secondary N) is 2. The lowest BCUT2D eigenvalue weighted by Crippen LogP contribution is -2.46. The summed E-state index contributed by atoms with van der Waals surface area (Å²) >= 11 is 0. The van der Waals surface area contributed by atoms with Crippen LogP contribution in [0.1, 0.15) is 12.8 Å². The van der Waals surface area contributed by atoms with Gasteiger partial charge in [0.2, 0.25) is 10.0 Å². The summed E-state index contributed by atoms with van der Waals surface area (Å²) in [5, 5.41) is 9.01. The van der Waals surface area contributed by atoms with Crippen molar-refractivity contribution in [1.29, 1.82) is 0 Å². The minimum atomic E-state index is -4.03. The van der Waals surface area contributed by atoms with Crippen LogP contribution in [0, 0.1) is 5.82 Å². The number of carbonyl (C=O) groups excluding carboxylic acids is 1. The molecule has 0 aromatic heterocycles. The Morgan fingerprint density at radius 1 is 1.09 bits per heavy atom. The molecule has 1 aliphatic heterocycles. The van der Waals surface area contributed by atoms with E-state index in [1.165, 1.54) is 54.0 Å². The summed E-state index contributed by atoms with van der Waals surface area (Å²) in [6, 6.07) is 9.88. The summed E-state index contributed by atoms with van der Waals surface area (Å²) in [6.45, 7) is 3.56. The van der Waals surface area contributed by atoms with Gasteiger partial charge in [-0.15, -0.1) is 0 Å². The van der Waals surface area contributed by atoms with Crippen LogP contribution in [0.3, 0.4) is 0 Å². The lowest BCUT2D eigenvalue weighted by atomic mass is 10.1. The van der Waals surface area contributed by atoms with Gasteiger partial charge < -0.3 is 9.47 Å². The zero-order valence-corrected chi connectivity index (χ0v) is 18.2. The molecular formula is C21H26FN3O6S. The maximum absolute atomic E-state index is 13.0. The number of hydrogen-bond acceptors (Lipinski definition) is 7. The van der Waals surface area contributed by atoms with Crippen LogP contribution in [0.5, 0.6) is 11.5 Å². The van der Waals surface area contributed by atoms with E-state index in [2.05, 4.69) is 9.62 Å². The first kappa shape index (κ1) is 24.1. The predicted molar refractivity (Wildman–Crippen MR) is 113 cm³/mol. The monoisotopic (exact) mass is 467 g/mol. The number of rotatable bonds is 10. The summed E-state index contributed by atoms with van der Waals surface area (Å²) < 4.78 is 51.7. The van der Waals surface area contributed by atoms with Gasteiger partial charge in [0.05, 0.1) is 18.1 Å². The molecule has 3 N–H and O–H groups in total. The largest absolute Gasteiger partial charge is 0.457 e. The van der Waals surface area contributed by atoms with E-state index in [-0.39, 0.29) is 11.3 Å². The molecule has 1 aliphatic rings. The van der Waals surface area contributed by atoms with Gasteiger partial charge in [0.25, 0.3) is 5.91 Å². The molecule has 1 fully saturated rings. The van der Waals surface area contributed by atoms with E-state index in [0.29, 0.717) is 37.7 Å².